The van der Waals surface area contributed by atoms with Crippen molar-refractivity contribution in [2.45, 2.75) is 42.4 Å². The van der Waals surface area contributed by atoms with Gasteiger partial charge < -0.3 is 5.32 Å². The van der Waals surface area contributed by atoms with Crippen LogP contribution >= 0.6 is 11.3 Å². The number of nitrogens with zero attached hydrogens (tertiary/aromatic N) is 2. The van der Waals surface area contributed by atoms with Crippen LogP contribution in [-0.2, 0) is 14.6 Å². The molecule has 2 heterocycles. The third kappa shape index (κ3) is 4.90. The maximum atomic E-state index is 13.7. The molecule has 3 aromatic rings. The molecule has 1 saturated carbocycles. The van der Waals surface area contributed by atoms with Crippen LogP contribution in [0.5, 0.6) is 0 Å². The first-order chi connectivity index (χ1) is 14.7. The number of carbonyl (C=O) groups is 1. The lowest BCUT2D eigenvalue weighted by Crippen LogP contribution is -2.23. The molecule has 1 aromatic carbocycles. The Bertz CT molecular complexity index is 1160. The second-order valence-corrected chi connectivity index (χ2v) is 10.8. The fraction of sp³-hybridized carbons (Fsp3) is 0.381. The molecule has 0 spiro atoms. The van der Waals surface area contributed by atoms with Crippen molar-refractivity contribution in [2.75, 3.05) is 11.6 Å². The smallest absolute Gasteiger partial charge is 0.233 e. The maximum absolute atomic E-state index is 13.7. The molecule has 0 radical (unpaired) electrons. The summed E-state index contributed by atoms with van der Waals surface area (Å²) in [6.07, 6.45) is 0.102. The van der Waals surface area contributed by atoms with Gasteiger partial charge in [-0.15, -0.1) is 0 Å². The van der Waals surface area contributed by atoms with E-state index in [0.717, 1.165) is 6.26 Å². The Morgan fingerprint density at radius 1 is 1.19 bits per heavy atom. The number of benzene rings is 1. The van der Waals surface area contributed by atoms with E-state index in [1.54, 1.807) is 30.5 Å². The first kappa shape index (κ1) is 21.8. The number of sulfone groups is 1. The number of fused-ring (bicyclic) bond motifs is 1. The third-order valence-corrected chi connectivity index (χ3v) is 7.53. The Morgan fingerprint density at radius 2 is 1.87 bits per heavy atom. The number of aromatic nitrogens is 2. The van der Waals surface area contributed by atoms with Crippen LogP contribution in [0, 0.1) is 5.92 Å². The second kappa shape index (κ2) is 8.58. The highest BCUT2D eigenvalue weighted by atomic mass is 32.2. The van der Waals surface area contributed by atoms with Crippen LogP contribution in [0.25, 0.3) is 10.3 Å². The molecule has 2 aromatic heterocycles. The SMILES string of the molecule is CS(=O)(=O)c1ccc([C@@H](CC2C[C@@H](F)[C@H](F)C2)C(=O)Nc2nc3cccnc3s2)cc1. The topological polar surface area (TPSA) is 89.0 Å². The summed E-state index contributed by atoms with van der Waals surface area (Å²) in [5, 5.41) is 3.18. The average Bonchev–Trinajstić information content (AvgIpc) is 3.27. The molecule has 0 unspecified atom stereocenters. The molecule has 3 atom stereocenters. The zero-order valence-electron chi connectivity index (χ0n) is 16.7. The van der Waals surface area contributed by atoms with Crippen molar-refractivity contribution in [3.63, 3.8) is 0 Å². The highest BCUT2D eigenvalue weighted by molar-refractivity contribution is 7.90. The van der Waals surface area contributed by atoms with Crippen molar-refractivity contribution in [3.05, 3.63) is 48.2 Å². The predicted octanol–water partition coefficient (Wildman–Crippen LogP) is 4.29. The minimum atomic E-state index is -3.38. The van der Waals surface area contributed by atoms with Gasteiger partial charge in [-0.25, -0.2) is 27.2 Å². The zero-order valence-corrected chi connectivity index (χ0v) is 18.3. The van der Waals surface area contributed by atoms with Gasteiger partial charge in [-0.2, -0.15) is 0 Å². The molecule has 31 heavy (non-hydrogen) atoms. The van der Waals surface area contributed by atoms with Gasteiger partial charge in [-0.05, 0) is 55.0 Å². The number of amides is 1. The molecule has 0 saturated heterocycles. The van der Waals surface area contributed by atoms with Gasteiger partial charge in [0.15, 0.2) is 15.0 Å². The lowest BCUT2D eigenvalue weighted by molar-refractivity contribution is -0.118. The van der Waals surface area contributed by atoms with Crippen LogP contribution in [0.4, 0.5) is 13.9 Å². The van der Waals surface area contributed by atoms with Gasteiger partial charge in [0.25, 0.3) is 0 Å². The molecule has 6 nitrogen and oxygen atoms in total. The molecule has 10 heteroatoms. The molecular weight excluding hydrogens is 444 g/mol. The minimum absolute atomic E-state index is 0.0669. The van der Waals surface area contributed by atoms with Gasteiger partial charge in [-0.1, -0.05) is 23.5 Å². The van der Waals surface area contributed by atoms with Crippen molar-refractivity contribution in [2.24, 2.45) is 5.92 Å². The molecular formula is C21H21F2N3O3S2. The minimum Gasteiger partial charge on any atom is -0.301 e. The molecule has 1 aliphatic carbocycles. The number of halogens is 2. The fourth-order valence-corrected chi connectivity index (χ4v) is 5.35. The van der Waals surface area contributed by atoms with Gasteiger partial charge in [0, 0.05) is 12.5 Å². The van der Waals surface area contributed by atoms with E-state index in [4.69, 9.17) is 0 Å². The van der Waals surface area contributed by atoms with Crippen LogP contribution < -0.4 is 5.32 Å². The van der Waals surface area contributed by atoms with Crippen molar-refractivity contribution in [1.29, 1.82) is 0 Å². The molecule has 1 N–H and O–H groups in total. The van der Waals surface area contributed by atoms with Gasteiger partial charge in [0.05, 0.1) is 10.8 Å². The molecule has 1 aliphatic rings. The quantitative estimate of drug-likeness (QED) is 0.587. The monoisotopic (exact) mass is 465 g/mol. The lowest BCUT2D eigenvalue weighted by Gasteiger charge is -2.20. The summed E-state index contributed by atoms with van der Waals surface area (Å²) in [5.41, 5.74) is 1.25. The Labute approximate surface area is 182 Å². The number of anilines is 1. The summed E-state index contributed by atoms with van der Waals surface area (Å²) in [5.74, 6) is -1.34. The largest absolute Gasteiger partial charge is 0.301 e. The zero-order chi connectivity index (χ0) is 22.2. The number of alkyl halides is 2. The first-order valence-electron chi connectivity index (χ1n) is 9.81. The summed E-state index contributed by atoms with van der Waals surface area (Å²) in [7, 11) is -3.38. The molecule has 0 aliphatic heterocycles. The highest BCUT2D eigenvalue weighted by Gasteiger charge is 2.37. The summed E-state index contributed by atoms with van der Waals surface area (Å²) in [6, 6.07) is 9.58. The van der Waals surface area contributed by atoms with Gasteiger partial charge in [0.1, 0.15) is 22.7 Å². The molecule has 0 bridgehead atoms. The molecule has 1 fully saturated rings. The summed E-state index contributed by atoms with van der Waals surface area (Å²) in [6.45, 7) is 0. The number of hydrogen-bond acceptors (Lipinski definition) is 6. The Hall–Kier alpha value is -2.46. The van der Waals surface area contributed by atoms with Crippen LogP contribution in [-0.4, -0.2) is 42.9 Å². The van der Waals surface area contributed by atoms with Crippen LogP contribution in [0.1, 0.15) is 30.7 Å². The summed E-state index contributed by atoms with van der Waals surface area (Å²) < 4.78 is 50.9. The first-order valence-corrected chi connectivity index (χ1v) is 12.5. The van der Waals surface area contributed by atoms with Crippen LogP contribution in [0.15, 0.2) is 47.5 Å². The molecule has 4 rings (SSSR count). The Morgan fingerprint density at radius 3 is 2.48 bits per heavy atom. The fourth-order valence-electron chi connectivity index (χ4n) is 3.91. The normalized spacial score (nSPS) is 20.7. The third-order valence-electron chi connectivity index (χ3n) is 5.50. The van der Waals surface area contributed by atoms with Crippen LogP contribution in [0.2, 0.25) is 0 Å². The van der Waals surface area contributed by atoms with E-state index < -0.39 is 28.1 Å². The van der Waals surface area contributed by atoms with E-state index in [0.29, 0.717) is 21.0 Å². The van der Waals surface area contributed by atoms with E-state index in [1.165, 1.54) is 23.5 Å². The van der Waals surface area contributed by atoms with Gasteiger partial charge >= 0.3 is 0 Å². The lowest BCUT2D eigenvalue weighted by atomic mass is 9.87. The maximum Gasteiger partial charge on any atom is 0.233 e. The van der Waals surface area contributed by atoms with Crippen molar-refractivity contribution in [3.8, 4) is 0 Å². The predicted molar refractivity (Wildman–Crippen MR) is 115 cm³/mol. The van der Waals surface area contributed by atoms with Crippen molar-refractivity contribution >= 4 is 42.6 Å². The second-order valence-electron chi connectivity index (χ2n) is 7.83. The van der Waals surface area contributed by atoms with Crippen LogP contribution in [0.3, 0.4) is 0 Å². The highest BCUT2D eigenvalue weighted by Crippen LogP contribution is 2.38. The van der Waals surface area contributed by atoms with E-state index in [9.17, 15) is 22.0 Å². The van der Waals surface area contributed by atoms with Crippen molar-refractivity contribution in [1.82, 2.24) is 9.97 Å². The summed E-state index contributed by atoms with van der Waals surface area (Å²) in [4.78, 5) is 22.5. The summed E-state index contributed by atoms with van der Waals surface area (Å²) >= 11 is 1.23. The Balaban J connectivity index is 1.60. The number of pyridine rings is 1. The van der Waals surface area contributed by atoms with E-state index in [1.807, 2.05) is 0 Å². The van der Waals surface area contributed by atoms with Gasteiger partial charge in [0.2, 0.25) is 5.91 Å². The van der Waals surface area contributed by atoms with E-state index in [2.05, 4.69) is 15.3 Å². The number of rotatable bonds is 6. The standard InChI is InChI=1S/C21H21F2N3O3S2/c1-31(28,29)14-6-4-13(5-7-14)15(9-12-10-16(22)17(23)11-12)19(27)26-21-25-18-3-2-8-24-20(18)30-21/h2-8,12,15-17H,9-11H2,1H3,(H,25,26,27)/t15-,16-,17-/m1/s1. The Kier molecular flexibility index (Phi) is 6.02. The average molecular weight is 466 g/mol. The van der Waals surface area contributed by atoms with E-state index >= 15 is 0 Å². The number of nitrogens with one attached hydrogen (secondary N) is 1. The molecule has 1 amide bonds. The molecule has 164 valence electrons. The van der Waals surface area contributed by atoms with Crippen molar-refractivity contribution < 1.29 is 22.0 Å². The number of thiazole rings is 1. The van der Waals surface area contributed by atoms with E-state index in [-0.39, 0.29) is 36.0 Å². The van der Waals surface area contributed by atoms with Gasteiger partial charge in [-0.3, -0.25) is 4.79 Å². The number of hydrogen-bond donors (Lipinski definition) is 1. The number of carbonyl (C=O) groups excluding carboxylic acids is 1.